The van der Waals surface area contributed by atoms with Gasteiger partial charge < -0.3 is 4.90 Å². The zero-order valence-electron chi connectivity index (χ0n) is 12.6. The molecule has 22 heavy (non-hydrogen) atoms. The van der Waals surface area contributed by atoms with E-state index in [4.69, 9.17) is 0 Å². The quantitative estimate of drug-likeness (QED) is 0.631. The van der Waals surface area contributed by atoms with Crippen molar-refractivity contribution in [2.24, 2.45) is 0 Å². The van der Waals surface area contributed by atoms with Gasteiger partial charge in [0.15, 0.2) is 5.78 Å². The molecule has 1 aromatic heterocycles. The third-order valence-corrected chi connectivity index (χ3v) is 3.97. The molecule has 0 N–H and O–H groups in total. The van der Waals surface area contributed by atoms with E-state index in [9.17, 15) is 4.79 Å². The summed E-state index contributed by atoms with van der Waals surface area (Å²) in [5, 5.41) is 0. The Morgan fingerprint density at radius 1 is 1.00 bits per heavy atom. The van der Waals surface area contributed by atoms with Crippen LogP contribution in [0.3, 0.4) is 0 Å². The van der Waals surface area contributed by atoms with E-state index >= 15 is 0 Å². The molecular weight excluding hydrogens is 272 g/mol. The van der Waals surface area contributed by atoms with Crippen molar-refractivity contribution in [3.8, 4) is 0 Å². The second-order valence-electron chi connectivity index (χ2n) is 5.55. The second-order valence-corrected chi connectivity index (χ2v) is 5.55. The predicted molar refractivity (Wildman–Crippen MR) is 90.1 cm³/mol. The molecule has 1 fully saturated rings. The first kappa shape index (κ1) is 14.5. The Hall–Kier alpha value is -2.42. The highest BCUT2D eigenvalue weighted by atomic mass is 16.1. The Labute approximate surface area is 131 Å². The fraction of sp³-hybridized carbons (Fsp3) is 0.263. The molecule has 0 spiro atoms. The molecule has 1 aliphatic rings. The lowest BCUT2D eigenvalue weighted by atomic mass is 10.1. The molecule has 0 aliphatic carbocycles. The molecule has 0 bridgehead atoms. The summed E-state index contributed by atoms with van der Waals surface area (Å²) in [7, 11) is 0. The maximum Gasteiger partial charge on any atom is 0.185 e. The Morgan fingerprint density at radius 3 is 2.45 bits per heavy atom. The first-order chi connectivity index (χ1) is 10.8. The molecule has 0 unspecified atom stereocenters. The van der Waals surface area contributed by atoms with E-state index in [0.717, 1.165) is 18.8 Å². The molecule has 3 nitrogen and oxygen atoms in total. The van der Waals surface area contributed by atoms with Crippen molar-refractivity contribution in [3.63, 3.8) is 0 Å². The number of hydrogen-bond donors (Lipinski definition) is 0. The van der Waals surface area contributed by atoms with Crippen LogP contribution in [0.25, 0.3) is 6.08 Å². The number of allylic oxidation sites excluding steroid dienone is 1. The molecule has 1 aliphatic heterocycles. The molecule has 0 amide bonds. The van der Waals surface area contributed by atoms with Crippen LogP contribution in [0.4, 0.5) is 5.69 Å². The lowest BCUT2D eigenvalue weighted by Crippen LogP contribution is -2.29. The van der Waals surface area contributed by atoms with E-state index in [1.54, 1.807) is 18.3 Å². The van der Waals surface area contributed by atoms with Gasteiger partial charge in [-0.1, -0.05) is 6.07 Å². The molecule has 2 heterocycles. The lowest BCUT2D eigenvalue weighted by molar-refractivity contribution is 0.104. The van der Waals surface area contributed by atoms with E-state index in [2.05, 4.69) is 9.88 Å². The van der Waals surface area contributed by atoms with Crippen LogP contribution in [-0.4, -0.2) is 23.9 Å². The number of rotatable bonds is 4. The molecule has 1 aromatic carbocycles. The number of nitrogens with zero attached hydrogens (tertiary/aromatic N) is 2. The number of benzene rings is 1. The van der Waals surface area contributed by atoms with Crippen molar-refractivity contribution in [1.82, 2.24) is 4.98 Å². The molecule has 0 radical (unpaired) electrons. The number of pyridine rings is 1. The topological polar surface area (TPSA) is 33.2 Å². The Kier molecular flexibility index (Phi) is 4.64. The van der Waals surface area contributed by atoms with Crippen molar-refractivity contribution in [1.29, 1.82) is 0 Å². The van der Waals surface area contributed by atoms with E-state index in [1.807, 2.05) is 42.5 Å². The first-order valence-electron chi connectivity index (χ1n) is 7.81. The zero-order chi connectivity index (χ0) is 15.2. The third kappa shape index (κ3) is 3.61. The second kappa shape index (κ2) is 7.03. The predicted octanol–water partition coefficient (Wildman–Crippen LogP) is 3.97. The summed E-state index contributed by atoms with van der Waals surface area (Å²) in [6, 6.07) is 13.6. The van der Waals surface area contributed by atoms with Gasteiger partial charge in [-0.15, -0.1) is 0 Å². The van der Waals surface area contributed by atoms with Crippen molar-refractivity contribution >= 4 is 17.5 Å². The SMILES string of the molecule is O=C(/C=C/c1ccccn1)c1ccc(N2CCCCC2)cc1. The Balaban J connectivity index is 1.67. The lowest BCUT2D eigenvalue weighted by Gasteiger charge is -2.28. The number of ketones is 1. The maximum atomic E-state index is 12.2. The largest absolute Gasteiger partial charge is 0.372 e. The monoisotopic (exact) mass is 292 g/mol. The standard InChI is InChI=1S/C19H20N2O/c22-19(12-9-17-6-2-3-13-20-17)16-7-10-18(11-8-16)21-14-4-1-5-15-21/h2-3,6-13H,1,4-5,14-15H2/b12-9+. The van der Waals surface area contributed by atoms with E-state index in [-0.39, 0.29) is 5.78 Å². The Morgan fingerprint density at radius 2 is 1.77 bits per heavy atom. The van der Waals surface area contributed by atoms with Gasteiger partial charge in [0.25, 0.3) is 0 Å². The molecule has 3 heteroatoms. The fourth-order valence-corrected chi connectivity index (χ4v) is 2.72. The van der Waals surface area contributed by atoms with Gasteiger partial charge in [0.05, 0.1) is 5.69 Å². The van der Waals surface area contributed by atoms with Crippen LogP contribution in [0.15, 0.2) is 54.7 Å². The summed E-state index contributed by atoms with van der Waals surface area (Å²) >= 11 is 0. The summed E-state index contributed by atoms with van der Waals surface area (Å²) in [5.74, 6) is 0.0100. The van der Waals surface area contributed by atoms with Crippen molar-refractivity contribution < 1.29 is 4.79 Å². The van der Waals surface area contributed by atoms with Gasteiger partial charge in [-0.3, -0.25) is 9.78 Å². The van der Waals surface area contributed by atoms with Crippen LogP contribution < -0.4 is 4.90 Å². The smallest absolute Gasteiger partial charge is 0.185 e. The van der Waals surface area contributed by atoms with Crippen LogP contribution in [0, 0.1) is 0 Å². The highest BCUT2D eigenvalue weighted by Crippen LogP contribution is 2.20. The minimum Gasteiger partial charge on any atom is -0.372 e. The molecule has 112 valence electrons. The minimum absolute atomic E-state index is 0.0100. The first-order valence-corrected chi connectivity index (χ1v) is 7.81. The molecular formula is C19H20N2O. The number of anilines is 1. The van der Waals surface area contributed by atoms with Gasteiger partial charge in [-0.25, -0.2) is 0 Å². The van der Waals surface area contributed by atoms with E-state index < -0.39 is 0 Å². The number of carbonyl (C=O) groups excluding carboxylic acids is 1. The average molecular weight is 292 g/mol. The van der Waals surface area contributed by atoms with Crippen LogP contribution in [0.2, 0.25) is 0 Å². The van der Waals surface area contributed by atoms with Crippen LogP contribution in [-0.2, 0) is 0 Å². The summed E-state index contributed by atoms with van der Waals surface area (Å²) in [5.41, 5.74) is 2.72. The summed E-state index contributed by atoms with van der Waals surface area (Å²) in [6.45, 7) is 2.24. The van der Waals surface area contributed by atoms with E-state index in [1.165, 1.54) is 24.9 Å². The number of carbonyl (C=O) groups is 1. The van der Waals surface area contributed by atoms with Crippen molar-refractivity contribution in [2.75, 3.05) is 18.0 Å². The van der Waals surface area contributed by atoms with Gasteiger partial charge in [0.1, 0.15) is 0 Å². The van der Waals surface area contributed by atoms with Gasteiger partial charge in [-0.2, -0.15) is 0 Å². The Bertz CT molecular complexity index is 641. The molecule has 0 atom stereocenters. The van der Waals surface area contributed by atoms with Gasteiger partial charge >= 0.3 is 0 Å². The third-order valence-electron chi connectivity index (χ3n) is 3.97. The highest BCUT2D eigenvalue weighted by Gasteiger charge is 2.11. The summed E-state index contributed by atoms with van der Waals surface area (Å²) < 4.78 is 0. The normalized spacial score (nSPS) is 15.2. The zero-order valence-corrected chi connectivity index (χ0v) is 12.6. The molecule has 2 aromatic rings. The van der Waals surface area contributed by atoms with Crippen LogP contribution in [0.5, 0.6) is 0 Å². The summed E-state index contributed by atoms with van der Waals surface area (Å²) in [6.07, 6.45) is 8.89. The van der Waals surface area contributed by atoms with E-state index in [0.29, 0.717) is 5.56 Å². The van der Waals surface area contributed by atoms with Crippen LogP contribution >= 0.6 is 0 Å². The van der Waals surface area contributed by atoms with Gasteiger partial charge in [-0.05, 0) is 67.8 Å². The van der Waals surface area contributed by atoms with Gasteiger partial charge in [0.2, 0.25) is 0 Å². The molecule has 1 saturated heterocycles. The molecule has 0 saturated carbocycles. The summed E-state index contributed by atoms with van der Waals surface area (Å²) in [4.78, 5) is 18.7. The van der Waals surface area contributed by atoms with Gasteiger partial charge in [0, 0.05) is 30.5 Å². The fourth-order valence-electron chi connectivity index (χ4n) is 2.72. The number of aromatic nitrogens is 1. The van der Waals surface area contributed by atoms with Crippen molar-refractivity contribution in [3.05, 3.63) is 66.0 Å². The van der Waals surface area contributed by atoms with Crippen LogP contribution in [0.1, 0.15) is 35.3 Å². The maximum absolute atomic E-state index is 12.2. The molecule has 3 rings (SSSR count). The number of hydrogen-bond acceptors (Lipinski definition) is 3. The minimum atomic E-state index is 0.0100. The number of piperidine rings is 1. The average Bonchev–Trinajstić information content (AvgIpc) is 2.61. The van der Waals surface area contributed by atoms with Crippen molar-refractivity contribution in [2.45, 2.75) is 19.3 Å². The highest BCUT2D eigenvalue weighted by molar-refractivity contribution is 6.06.